The van der Waals surface area contributed by atoms with Crippen molar-refractivity contribution >= 4 is 17.5 Å². The Balaban J connectivity index is 1.27. The standard InChI is InChI=1S/C25H37N3O3/c1-4-20-5-7-23(8-6-20)28-17-22(13-24(28)29)25(30)27-11-9-21(10-12-27)16-26-14-18(2)31-19(3)15-26/h5-8,18-19,21-22H,4,9-17H2,1-3H3. The second-order valence-electron chi connectivity index (χ2n) is 9.67. The highest BCUT2D eigenvalue weighted by Gasteiger charge is 2.38. The fourth-order valence-electron chi connectivity index (χ4n) is 5.43. The van der Waals surface area contributed by atoms with E-state index in [1.807, 2.05) is 17.0 Å². The SMILES string of the molecule is CCc1ccc(N2CC(C(=O)N3CCC(CN4CC(C)OC(C)C4)CC3)CC2=O)cc1. The first-order valence-corrected chi connectivity index (χ1v) is 12.0. The van der Waals surface area contributed by atoms with Gasteiger partial charge in [-0.1, -0.05) is 19.1 Å². The molecule has 0 aromatic heterocycles. The van der Waals surface area contributed by atoms with Crippen LogP contribution < -0.4 is 4.90 Å². The number of carbonyl (C=O) groups excluding carboxylic acids is 2. The van der Waals surface area contributed by atoms with Crippen molar-refractivity contribution in [1.29, 1.82) is 0 Å². The molecule has 3 atom stereocenters. The van der Waals surface area contributed by atoms with Crippen molar-refractivity contribution in [2.45, 2.75) is 58.7 Å². The zero-order valence-electron chi connectivity index (χ0n) is 19.3. The highest BCUT2D eigenvalue weighted by atomic mass is 16.5. The number of hydrogen-bond donors (Lipinski definition) is 0. The number of nitrogens with zero attached hydrogens (tertiary/aromatic N) is 3. The van der Waals surface area contributed by atoms with Crippen molar-refractivity contribution in [1.82, 2.24) is 9.80 Å². The molecule has 3 heterocycles. The normalized spacial score (nSPS) is 28.4. The number of benzene rings is 1. The van der Waals surface area contributed by atoms with Gasteiger partial charge >= 0.3 is 0 Å². The van der Waals surface area contributed by atoms with Gasteiger partial charge in [0.25, 0.3) is 0 Å². The summed E-state index contributed by atoms with van der Waals surface area (Å²) >= 11 is 0. The van der Waals surface area contributed by atoms with Gasteiger partial charge in [-0.3, -0.25) is 14.5 Å². The summed E-state index contributed by atoms with van der Waals surface area (Å²) in [5, 5.41) is 0. The van der Waals surface area contributed by atoms with Gasteiger partial charge in [-0.05, 0) is 56.7 Å². The minimum Gasteiger partial charge on any atom is -0.373 e. The molecule has 3 fully saturated rings. The average molecular weight is 428 g/mol. The molecule has 3 unspecified atom stereocenters. The van der Waals surface area contributed by atoms with Gasteiger partial charge in [0.15, 0.2) is 0 Å². The number of rotatable bonds is 5. The van der Waals surface area contributed by atoms with Crippen molar-refractivity contribution < 1.29 is 14.3 Å². The lowest BCUT2D eigenvalue weighted by atomic mass is 9.94. The van der Waals surface area contributed by atoms with Crippen LogP contribution in [0.1, 0.15) is 45.6 Å². The van der Waals surface area contributed by atoms with E-state index < -0.39 is 0 Å². The number of amides is 2. The molecule has 0 aliphatic carbocycles. The van der Waals surface area contributed by atoms with Crippen molar-refractivity contribution in [3.05, 3.63) is 29.8 Å². The minimum absolute atomic E-state index is 0.0630. The molecule has 0 bridgehead atoms. The molecule has 1 aromatic carbocycles. The third kappa shape index (κ3) is 5.29. The maximum absolute atomic E-state index is 13.1. The van der Waals surface area contributed by atoms with E-state index in [4.69, 9.17) is 4.74 Å². The first-order chi connectivity index (χ1) is 14.9. The summed E-state index contributed by atoms with van der Waals surface area (Å²) in [6.45, 7) is 11.7. The number of morpholine rings is 1. The van der Waals surface area contributed by atoms with E-state index in [0.29, 0.717) is 31.1 Å². The topological polar surface area (TPSA) is 53.1 Å². The van der Waals surface area contributed by atoms with Gasteiger partial charge in [0.1, 0.15) is 0 Å². The Morgan fingerprint density at radius 1 is 1.03 bits per heavy atom. The maximum Gasteiger partial charge on any atom is 0.228 e. The van der Waals surface area contributed by atoms with Crippen LogP contribution in [-0.4, -0.2) is 73.1 Å². The van der Waals surface area contributed by atoms with Crippen LogP contribution in [0.3, 0.4) is 0 Å². The van der Waals surface area contributed by atoms with Crippen LogP contribution in [0.25, 0.3) is 0 Å². The quantitative estimate of drug-likeness (QED) is 0.725. The molecule has 6 nitrogen and oxygen atoms in total. The third-order valence-corrected chi connectivity index (χ3v) is 7.07. The second-order valence-corrected chi connectivity index (χ2v) is 9.67. The third-order valence-electron chi connectivity index (χ3n) is 7.07. The lowest BCUT2D eigenvalue weighted by Crippen LogP contribution is -2.49. The second kappa shape index (κ2) is 9.70. The van der Waals surface area contributed by atoms with Crippen LogP contribution in [0.2, 0.25) is 0 Å². The summed E-state index contributed by atoms with van der Waals surface area (Å²) in [7, 11) is 0. The number of piperidine rings is 1. The largest absolute Gasteiger partial charge is 0.373 e. The van der Waals surface area contributed by atoms with Gasteiger partial charge in [0, 0.05) is 51.4 Å². The van der Waals surface area contributed by atoms with Gasteiger partial charge in [0.05, 0.1) is 18.1 Å². The zero-order chi connectivity index (χ0) is 22.0. The first kappa shape index (κ1) is 22.3. The lowest BCUT2D eigenvalue weighted by molar-refractivity contribution is -0.137. The molecule has 0 spiro atoms. The molecular weight excluding hydrogens is 390 g/mol. The van der Waals surface area contributed by atoms with Crippen LogP contribution in [-0.2, 0) is 20.7 Å². The zero-order valence-corrected chi connectivity index (χ0v) is 19.3. The van der Waals surface area contributed by atoms with Gasteiger partial charge in [0.2, 0.25) is 11.8 Å². The molecule has 0 radical (unpaired) electrons. The van der Waals surface area contributed by atoms with Crippen molar-refractivity contribution in [3.8, 4) is 0 Å². The van der Waals surface area contributed by atoms with E-state index >= 15 is 0 Å². The Labute approximate surface area is 186 Å². The maximum atomic E-state index is 13.1. The van der Waals surface area contributed by atoms with Crippen LogP contribution in [0.15, 0.2) is 24.3 Å². The molecule has 0 saturated carbocycles. The van der Waals surface area contributed by atoms with E-state index in [-0.39, 0.29) is 17.7 Å². The highest BCUT2D eigenvalue weighted by molar-refractivity contribution is 6.00. The summed E-state index contributed by atoms with van der Waals surface area (Å²) in [6.07, 6.45) is 4.01. The van der Waals surface area contributed by atoms with E-state index in [2.05, 4.69) is 37.8 Å². The summed E-state index contributed by atoms with van der Waals surface area (Å²) in [6, 6.07) is 8.14. The Morgan fingerprint density at radius 2 is 1.68 bits per heavy atom. The fourth-order valence-corrected chi connectivity index (χ4v) is 5.43. The molecule has 170 valence electrons. The van der Waals surface area contributed by atoms with Crippen molar-refractivity contribution in [3.63, 3.8) is 0 Å². The number of aryl methyl sites for hydroxylation is 1. The monoisotopic (exact) mass is 427 g/mol. The Morgan fingerprint density at radius 3 is 2.29 bits per heavy atom. The predicted octanol–water partition coefficient (Wildman–Crippen LogP) is 2.95. The van der Waals surface area contributed by atoms with Gasteiger partial charge < -0.3 is 14.5 Å². The smallest absolute Gasteiger partial charge is 0.228 e. The number of anilines is 1. The molecule has 1 aromatic rings. The van der Waals surface area contributed by atoms with Crippen LogP contribution >= 0.6 is 0 Å². The Hall–Kier alpha value is -1.92. The van der Waals surface area contributed by atoms with Crippen LogP contribution in [0, 0.1) is 11.8 Å². The minimum atomic E-state index is -0.212. The van der Waals surface area contributed by atoms with Crippen molar-refractivity contribution in [2.24, 2.45) is 11.8 Å². The van der Waals surface area contributed by atoms with Gasteiger partial charge in [-0.2, -0.15) is 0 Å². The van der Waals surface area contributed by atoms with Crippen LogP contribution in [0.4, 0.5) is 5.69 Å². The molecule has 2 amide bonds. The number of carbonyl (C=O) groups is 2. The highest BCUT2D eigenvalue weighted by Crippen LogP contribution is 2.28. The van der Waals surface area contributed by atoms with Crippen molar-refractivity contribution in [2.75, 3.05) is 44.2 Å². The number of ether oxygens (including phenoxy) is 1. The van der Waals surface area contributed by atoms with E-state index in [1.54, 1.807) is 4.90 Å². The predicted molar refractivity (Wildman–Crippen MR) is 122 cm³/mol. The molecular formula is C25H37N3O3. The lowest BCUT2D eigenvalue weighted by Gasteiger charge is -2.39. The molecule has 0 N–H and O–H groups in total. The van der Waals surface area contributed by atoms with E-state index in [9.17, 15) is 9.59 Å². The number of likely N-dealkylation sites (tertiary alicyclic amines) is 1. The molecule has 3 saturated heterocycles. The summed E-state index contributed by atoms with van der Waals surface area (Å²) in [5.41, 5.74) is 2.16. The van der Waals surface area contributed by atoms with Crippen LogP contribution in [0.5, 0.6) is 0 Å². The van der Waals surface area contributed by atoms with E-state index in [1.165, 1.54) is 5.56 Å². The molecule has 6 heteroatoms. The Kier molecular flexibility index (Phi) is 6.97. The van der Waals surface area contributed by atoms with E-state index in [0.717, 1.165) is 57.7 Å². The fraction of sp³-hybridized carbons (Fsp3) is 0.680. The summed E-state index contributed by atoms with van der Waals surface area (Å²) in [4.78, 5) is 32.0. The molecule has 31 heavy (non-hydrogen) atoms. The molecule has 4 rings (SSSR count). The summed E-state index contributed by atoms with van der Waals surface area (Å²) in [5.74, 6) is 0.650. The average Bonchev–Trinajstić information content (AvgIpc) is 3.15. The molecule has 3 aliphatic rings. The first-order valence-electron chi connectivity index (χ1n) is 12.0. The molecule has 3 aliphatic heterocycles. The summed E-state index contributed by atoms with van der Waals surface area (Å²) < 4.78 is 5.85. The van der Waals surface area contributed by atoms with Gasteiger partial charge in [-0.25, -0.2) is 0 Å². The number of hydrogen-bond acceptors (Lipinski definition) is 4. The van der Waals surface area contributed by atoms with Gasteiger partial charge in [-0.15, -0.1) is 0 Å². The Bertz CT molecular complexity index is 763.